The van der Waals surface area contributed by atoms with Crippen molar-refractivity contribution in [2.45, 2.75) is 25.8 Å². The van der Waals surface area contributed by atoms with Crippen LogP contribution in [-0.2, 0) is 11.2 Å². The van der Waals surface area contributed by atoms with Crippen molar-refractivity contribution in [2.24, 2.45) is 5.73 Å². The van der Waals surface area contributed by atoms with Crippen LogP contribution < -0.4 is 5.73 Å². The molecule has 1 atom stereocenters. The molecule has 0 saturated carbocycles. The van der Waals surface area contributed by atoms with Crippen LogP contribution in [-0.4, -0.2) is 30.4 Å². The summed E-state index contributed by atoms with van der Waals surface area (Å²) in [6, 6.07) is 6.48. The molecule has 0 radical (unpaired) electrons. The number of likely N-dealkylation sites (N-methyl/N-ethyl adjacent to an activating group) is 1. The van der Waals surface area contributed by atoms with Gasteiger partial charge in [0, 0.05) is 26.1 Å². The monoisotopic (exact) mass is 238 g/mol. The molecular weight excluding hydrogens is 219 g/mol. The van der Waals surface area contributed by atoms with E-state index in [0.717, 1.165) is 0 Å². The Bertz CT molecular complexity index is 379. The van der Waals surface area contributed by atoms with Crippen molar-refractivity contribution in [1.82, 2.24) is 4.90 Å². The zero-order valence-corrected chi connectivity index (χ0v) is 10.3. The van der Waals surface area contributed by atoms with Crippen LogP contribution in [0.25, 0.3) is 0 Å². The van der Waals surface area contributed by atoms with Crippen LogP contribution >= 0.6 is 0 Å². The molecule has 1 aromatic rings. The molecule has 0 aliphatic heterocycles. The molecule has 0 aromatic heterocycles. The summed E-state index contributed by atoms with van der Waals surface area (Å²) in [5.41, 5.74) is 6.19. The summed E-state index contributed by atoms with van der Waals surface area (Å²) in [4.78, 5) is 13.2. The highest BCUT2D eigenvalue weighted by atomic mass is 19.1. The lowest BCUT2D eigenvalue weighted by atomic mass is 10.1. The molecule has 1 amide bonds. The van der Waals surface area contributed by atoms with Gasteiger partial charge in [-0.25, -0.2) is 4.39 Å². The Kier molecular flexibility index (Phi) is 5.10. The van der Waals surface area contributed by atoms with Gasteiger partial charge < -0.3 is 10.6 Å². The van der Waals surface area contributed by atoms with E-state index in [4.69, 9.17) is 5.73 Å². The molecule has 0 aliphatic rings. The number of nitrogens with zero attached hydrogens (tertiary/aromatic N) is 1. The molecule has 1 unspecified atom stereocenters. The third-order valence-electron chi connectivity index (χ3n) is 2.60. The fourth-order valence-electron chi connectivity index (χ4n) is 1.55. The minimum absolute atomic E-state index is 0.00339. The molecule has 3 nitrogen and oxygen atoms in total. The average molecular weight is 238 g/mol. The number of rotatable bonds is 5. The normalized spacial score (nSPS) is 12.2. The van der Waals surface area contributed by atoms with Gasteiger partial charge in [0.05, 0.1) is 0 Å². The van der Waals surface area contributed by atoms with Gasteiger partial charge in [0.15, 0.2) is 0 Å². The number of carbonyl (C=O) groups is 1. The molecule has 0 saturated heterocycles. The first kappa shape index (κ1) is 13.6. The molecular formula is C13H19FN2O. The number of amides is 1. The Morgan fingerprint density at radius 1 is 1.47 bits per heavy atom. The van der Waals surface area contributed by atoms with Crippen LogP contribution in [0.3, 0.4) is 0 Å². The Hall–Kier alpha value is -1.42. The summed E-state index contributed by atoms with van der Waals surface area (Å²) in [5, 5.41) is 0. The smallest absolute Gasteiger partial charge is 0.223 e. The van der Waals surface area contributed by atoms with E-state index < -0.39 is 0 Å². The number of carbonyl (C=O) groups excluding carboxylic acids is 1. The third-order valence-corrected chi connectivity index (χ3v) is 2.60. The Morgan fingerprint density at radius 3 is 2.71 bits per heavy atom. The van der Waals surface area contributed by atoms with Crippen LogP contribution in [0, 0.1) is 5.82 Å². The number of nitrogens with two attached hydrogens (primary N) is 1. The maximum Gasteiger partial charge on any atom is 0.223 e. The zero-order chi connectivity index (χ0) is 12.8. The van der Waals surface area contributed by atoms with Crippen LogP contribution in [0.4, 0.5) is 4.39 Å². The summed E-state index contributed by atoms with van der Waals surface area (Å²) < 4.78 is 13.3. The first-order chi connectivity index (χ1) is 8.00. The highest BCUT2D eigenvalue weighted by Gasteiger charge is 2.11. The quantitative estimate of drug-likeness (QED) is 0.846. The molecule has 1 rings (SSSR count). The van der Waals surface area contributed by atoms with Crippen molar-refractivity contribution in [2.75, 3.05) is 13.6 Å². The standard InChI is InChI=1S/C13H19FN2O/c1-10(15)9-13(17)16(2)8-7-11-5-3-4-6-12(11)14/h3-6,10H,7-9,15H2,1-2H3. The van der Waals surface area contributed by atoms with Crippen molar-refractivity contribution in [3.8, 4) is 0 Å². The molecule has 0 fully saturated rings. The maximum atomic E-state index is 13.3. The second-order valence-corrected chi connectivity index (χ2v) is 4.34. The zero-order valence-electron chi connectivity index (χ0n) is 10.3. The second kappa shape index (κ2) is 6.35. The van der Waals surface area contributed by atoms with Crippen molar-refractivity contribution in [3.05, 3.63) is 35.6 Å². The highest BCUT2D eigenvalue weighted by molar-refractivity contribution is 5.76. The van der Waals surface area contributed by atoms with Gasteiger partial charge in [0.2, 0.25) is 5.91 Å². The topological polar surface area (TPSA) is 46.3 Å². The number of halogens is 1. The van der Waals surface area contributed by atoms with Gasteiger partial charge in [0.1, 0.15) is 5.82 Å². The van der Waals surface area contributed by atoms with Crippen molar-refractivity contribution >= 4 is 5.91 Å². The van der Waals surface area contributed by atoms with Gasteiger partial charge in [-0.3, -0.25) is 4.79 Å². The van der Waals surface area contributed by atoms with Crippen LogP contribution in [0.5, 0.6) is 0 Å². The molecule has 0 aliphatic carbocycles. The summed E-state index contributed by atoms with van der Waals surface area (Å²) in [5.74, 6) is -0.225. The van der Waals surface area contributed by atoms with Gasteiger partial charge in [-0.1, -0.05) is 18.2 Å². The fraction of sp³-hybridized carbons (Fsp3) is 0.462. The van der Waals surface area contributed by atoms with Gasteiger partial charge in [-0.05, 0) is 25.0 Å². The van der Waals surface area contributed by atoms with E-state index in [1.165, 1.54) is 6.07 Å². The Balaban J connectivity index is 2.46. The number of hydrogen-bond acceptors (Lipinski definition) is 2. The van der Waals surface area contributed by atoms with Crippen molar-refractivity contribution in [1.29, 1.82) is 0 Å². The van der Waals surface area contributed by atoms with E-state index >= 15 is 0 Å². The summed E-state index contributed by atoms with van der Waals surface area (Å²) in [7, 11) is 1.71. The summed E-state index contributed by atoms with van der Waals surface area (Å²) in [6.07, 6.45) is 0.849. The lowest BCUT2D eigenvalue weighted by Crippen LogP contribution is -2.33. The molecule has 1 aromatic carbocycles. The Labute approximate surface area is 101 Å². The van der Waals surface area contributed by atoms with Crippen LogP contribution in [0.2, 0.25) is 0 Å². The van der Waals surface area contributed by atoms with Gasteiger partial charge >= 0.3 is 0 Å². The first-order valence-electron chi connectivity index (χ1n) is 5.73. The predicted molar refractivity (Wildman–Crippen MR) is 66.0 cm³/mol. The minimum atomic E-state index is -0.222. The molecule has 0 spiro atoms. The third kappa shape index (κ3) is 4.53. The lowest BCUT2D eigenvalue weighted by molar-refractivity contribution is -0.130. The van der Waals surface area contributed by atoms with Crippen LogP contribution in [0.15, 0.2) is 24.3 Å². The summed E-state index contributed by atoms with van der Waals surface area (Å²) >= 11 is 0. The average Bonchev–Trinajstić information content (AvgIpc) is 2.26. The number of hydrogen-bond donors (Lipinski definition) is 1. The van der Waals surface area contributed by atoms with E-state index in [1.54, 1.807) is 37.1 Å². The summed E-state index contributed by atoms with van der Waals surface area (Å²) in [6.45, 7) is 2.30. The largest absolute Gasteiger partial charge is 0.345 e. The molecule has 94 valence electrons. The maximum absolute atomic E-state index is 13.3. The molecule has 4 heteroatoms. The van der Waals surface area contributed by atoms with E-state index in [-0.39, 0.29) is 17.8 Å². The Morgan fingerprint density at radius 2 is 2.12 bits per heavy atom. The van der Waals surface area contributed by atoms with E-state index in [1.807, 2.05) is 0 Å². The lowest BCUT2D eigenvalue weighted by Gasteiger charge is -2.18. The van der Waals surface area contributed by atoms with Crippen molar-refractivity contribution < 1.29 is 9.18 Å². The van der Waals surface area contributed by atoms with E-state index in [0.29, 0.717) is 24.9 Å². The van der Waals surface area contributed by atoms with E-state index in [2.05, 4.69) is 0 Å². The molecule has 0 heterocycles. The minimum Gasteiger partial charge on any atom is -0.345 e. The SMILES string of the molecule is CC(N)CC(=O)N(C)CCc1ccccc1F. The van der Waals surface area contributed by atoms with Crippen molar-refractivity contribution in [3.63, 3.8) is 0 Å². The molecule has 0 bridgehead atoms. The molecule has 2 N–H and O–H groups in total. The first-order valence-corrected chi connectivity index (χ1v) is 5.73. The highest BCUT2D eigenvalue weighted by Crippen LogP contribution is 2.07. The van der Waals surface area contributed by atoms with Gasteiger partial charge in [-0.2, -0.15) is 0 Å². The van der Waals surface area contributed by atoms with E-state index in [9.17, 15) is 9.18 Å². The van der Waals surface area contributed by atoms with Gasteiger partial charge in [0.25, 0.3) is 0 Å². The number of benzene rings is 1. The fourth-order valence-corrected chi connectivity index (χ4v) is 1.55. The second-order valence-electron chi connectivity index (χ2n) is 4.34. The van der Waals surface area contributed by atoms with Crippen LogP contribution in [0.1, 0.15) is 18.9 Å². The van der Waals surface area contributed by atoms with Gasteiger partial charge in [-0.15, -0.1) is 0 Å². The molecule has 17 heavy (non-hydrogen) atoms. The predicted octanol–water partition coefficient (Wildman–Crippen LogP) is 1.56.